The topological polar surface area (TPSA) is 59.4 Å². The maximum atomic E-state index is 13.1. The lowest BCUT2D eigenvalue weighted by Crippen LogP contribution is -2.43. The summed E-state index contributed by atoms with van der Waals surface area (Å²) in [6.45, 7) is 7.77. The van der Waals surface area contributed by atoms with Gasteiger partial charge < -0.3 is 4.90 Å². The minimum atomic E-state index is -1.29. The molecule has 0 aliphatic heterocycles. The third kappa shape index (κ3) is 4.46. The van der Waals surface area contributed by atoms with Gasteiger partial charge in [0.1, 0.15) is 0 Å². The van der Waals surface area contributed by atoms with Crippen molar-refractivity contribution in [2.45, 2.75) is 6.04 Å². The third-order valence-corrected chi connectivity index (χ3v) is 4.28. The van der Waals surface area contributed by atoms with E-state index in [0.29, 0.717) is 5.56 Å². The fourth-order valence-electron chi connectivity index (χ4n) is 2.52. The summed E-state index contributed by atoms with van der Waals surface area (Å²) < 4.78 is 1.97. The number of rotatable bonds is 8. The number of carbonyl (C=O) groups excluding carboxylic acids is 2. The zero-order chi connectivity index (χ0) is 19.1. The Hall–Kier alpha value is -2.73. The summed E-state index contributed by atoms with van der Waals surface area (Å²) in [6, 6.07) is 9.88. The van der Waals surface area contributed by atoms with Gasteiger partial charge in [-0.15, -0.1) is 13.2 Å². The van der Waals surface area contributed by atoms with Crippen LogP contribution in [0.15, 0.2) is 83.2 Å². The van der Waals surface area contributed by atoms with E-state index >= 15 is 0 Å². The molecule has 2 rings (SSSR count). The Bertz CT molecular complexity index is 861. The summed E-state index contributed by atoms with van der Waals surface area (Å²) >= 11 is 3.32. The highest BCUT2D eigenvalue weighted by Gasteiger charge is 2.32. The van der Waals surface area contributed by atoms with Crippen molar-refractivity contribution in [1.29, 1.82) is 0 Å². The molecule has 6 heteroatoms. The van der Waals surface area contributed by atoms with Gasteiger partial charge in [-0.25, -0.2) is 0 Å². The molecule has 0 N–H and O–H groups in total. The zero-order valence-electron chi connectivity index (χ0n) is 14.2. The SMILES string of the molecule is C=CCN(CC=C)C(=O)[C@H](C(=O)c1ccc(Br)cc1)n1ccccc1=O. The van der Waals surface area contributed by atoms with Gasteiger partial charge in [-0.1, -0.05) is 46.3 Å². The summed E-state index contributed by atoms with van der Waals surface area (Å²) in [5, 5.41) is 0. The fraction of sp³-hybridized carbons (Fsp3) is 0.150. The molecule has 1 amide bonds. The average molecular weight is 415 g/mol. The molecule has 26 heavy (non-hydrogen) atoms. The Labute approximate surface area is 160 Å². The standard InChI is InChI=1S/C20H19BrN2O3/c1-3-12-22(13-4-2)20(26)18(23-14-6-5-7-17(23)24)19(25)15-8-10-16(21)11-9-15/h3-11,14,18H,1-2,12-13H2/t18-/m0/s1. The molecule has 0 saturated carbocycles. The summed E-state index contributed by atoms with van der Waals surface area (Å²) in [7, 11) is 0. The lowest BCUT2D eigenvalue weighted by atomic mass is 10.0. The van der Waals surface area contributed by atoms with Crippen molar-refractivity contribution in [3.05, 3.63) is 94.4 Å². The van der Waals surface area contributed by atoms with Crippen LogP contribution < -0.4 is 5.56 Å². The molecule has 0 saturated heterocycles. The second kappa shape index (κ2) is 9.10. The predicted octanol–water partition coefficient (Wildman–Crippen LogP) is 3.24. The van der Waals surface area contributed by atoms with Gasteiger partial charge in [-0.05, 0) is 18.2 Å². The van der Waals surface area contributed by atoms with Crippen LogP contribution in [0.5, 0.6) is 0 Å². The van der Waals surface area contributed by atoms with E-state index in [9.17, 15) is 14.4 Å². The molecule has 0 fully saturated rings. The van der Waals surface area contributed by atoms with Crippen molar-refractivity contribution in [2.75, 3.05) is 13.1 Å². The molecule has 1 atom stereocenters. The monoisotopic (exact) mass is 414 g/mol. The number of ketones is 1. The van der Waals surface area contributed by atoms with Crippen molar-refractivity contribution in [2.24, 2.45) is 0 Å². The van der Waals surface area contributed by atoms with E-state index in [1.54, 1.807) is 48.6 Å². The Morgan fingerprint density at radius 3 is 2.23 bits per heavy atom. The highest BCUT2D eigenvalue weighted by atomic mass is 79.9. The molecule has 1 heterocycles. The number of hydrogen-bond donors (Lipinski definition) is 0. The van der Waals surface area contributed by atoms with Gasteiger partial charge in [0, 0.05) is 35.4 Å². The molecule has 0 spiro atoms. The maximum absolute atomic E-state index is 13.1. The summed E-state index contributed by atoms with van der Waals surface area (Å²) in [4.78, 5) is 39.9. The number of pyridine rings is 1. The van der Waals surface area contributed by atoms with Crippen molar-refractivity contribution in [3.8, 4) is 0 Å². The van der Waals surface area contributed by atoms with E-state index in [1.807, 2.05) is 0 Å². The highest BCUT2D eigenvalue weighted by Crippen LogP contribution is 2.19. The van der Waals surface area contributed by atoms with Gasteiger partial charge in [0.15, 0.2) is 11.8 Å². The van der Waals surface area contributed by atoms with E-state index in [-0.39, 0.29) is 13.1 Å². The van der Waals surface area contributed by atoms with Crippen LogP contribution in [-0.4, -0.2) is 34.2 Å². The van der Waals surface area contributed by atoms with Crippen LogP contribution >= 0.6 is 15.9 Å². The van der Waals surface area contributed by atoms with Gasteiger partial charge in [0.05, 0.1) is 0 Å². The number of amides is 1. The van der Waals surface area contributed by atoms with E-state index < -0.39 is 23.3 Å². The van der Waals surface area contributed by atoms with E-state index in [0.717, 1.165) is 9.04 Å². The van der Waals surface area contributed by atoms with Crippen LogP contribution in [0.1, 0.15) is 16.4 Å². The largest absolute Gasteiger partial charge is 0.333 e. The lowest BCUT2D eigenvalue weighted by Gasteiger charge is -2.26. The van der Waals surface area contributed by atoms with Crippen LogP contribution in [0.3, 0.4) is 0 Å². The zero-order valence-corrected chi connectivity index (χ0v) is 15.8. The Morgan fingerprint density at radius 1 is 1.08 bits per heavy atom. The van der Waals surface area contributed by atoms with Crippen LogP contribution in [0.25, 0.3) is 0 Å². The third-order valence-electron chi connectivity index (χ3n) is 3.75. The smallest absolute Gasteiger partial charge is 0.254 e. The van der Waals surface area contributed by atoms with Crippen LogP contribution in [0, 0.1) is 0 Å². The van der Waals surface area contributed by atoms with Gasteiger partial charge in [0.2, 0.25) is 0 Å². The molecule has 0 unspecified atom stereocenters. The molecule has 134 valence electrons. The van der Waals surface area contributed by atoms with E-state index in [4.69, 9.17) is 0 Å². The Balaban J connectivity index is 2.53. The van der Waals surface area contributed by atoms with Gasteiger partial charge in [-0.3, -0.25) is 19.0 Å². The minimum absolute atomic E-state index is 0.247. The van der Waals surface area contributed by atoms with E-state index in [2.05, 4.69) is 29.1 Å². The number of nitrogens with zero attached hydrogens (tertiary/aromatic N) is 2. The van der Waals surface area contributed by atoms with Gasteiger partial charge in [-0.2, -0.15) is 0 Å². The highest BCUT2D eigenvalue weighted by molar-refractivity contribution is 9.10. The summed E-state index contributed by atoms with van der Waals surface area (Å²) in [6.07, 6.45) is 4.58. The molecule has 0 radical (unpaired) electrons. The number of hydrogen-bond acceptors (Lipinski definition) is 3. The van der Waals surface area contributed by atoms with Crippen LogP contribution in [0.2, 0.25) is 0 Å². The lowest BCUT2D eigenvalue weighted by molar-refractivity contribution is -0.132. The first-order valence-electron chi connectivity index (χ1n) is 7.97. The minimum Gasteiger partial charge on any atom is -0.333 e. The second-order valence-corrected chi connectivity index (χ2v) is 6.46. The summed E-state index contributed by atoms with van der Waals surface area (Å²) in [5.74, 6) is -0.931. The first kappa shape index (κ1) is 19.6. The number of benzene rings is 1. The second-order valence-electron chi connectivity index (χ2n) is 5.54. The van der Waals surface area contributed by atoms with Crippen molar-refractivity contribution in [1.82, 2.24) is 9.47 Å². The maximum Gasteiger partial charge on any atom is 0.254 e. The van der Waals surface area contributed by atoms with Crippen molar-refractivity contribution in [3.63, 3.8) is 0 Å². The number of halogens is 1. The van der Waals surface area contributed by atoms with E-state index in [1.165, 1.54) is 17.2 Å². The number of carbonyl (C=O) groups is 2. The number of Topliss-reactive ketones (excluding diaryl/α,β-unsaturated/α-hetero) is 1. The van der Waals surface area contributed by atoms with Gasteiger partial charge >= 0.3 is 0 Å². The Morgan fingerprint density at radius 2 is 1.69 bits per heavy atom. The molecule has 0 bridgehead atoms. The molecule has 0 aliphatic carbocycles. The molecule has 5 nitrogen and oxygen atoms in total. The molecular weight excluding hydrogens is 396 g/mol. The fourth-order valence-corrected chi connectivity index (χ4v) is 2.79. The van der Waals surface area contributed by atoms with Crippen LogP contribution in [0.4, 0.5) is 0 Å². The molecule has 2 aromatic rings. The van der Waals surface area contributed by atoms with Crippen molar-refractivity contribution < 1.29 is 9.59 Å². The number of aromatic nitrogens is 1. The quantitative estimate of drug-likeness (QED) is 0.378. The molecule has 0 aliphatic rings. The Kier molecular flexibility index (Phi) is 6.86. The first-order chi connectivity index (χ1) is 12.5. The molecule has 1 aromatic heterocycles. The predicted molar refractivity (Wildman–Crippen MR) is 105 cm³/mol. The van der Waals surface area contributed by atoms with Crippen LogP contribution in [-0.2, 0) is 4.79 Å². The van der Waals surface area contributed by atoms with Crippen molar-refractivity contribution >= 4 is 27.6 Å². The van der Waals surface area contributed by atoms with Gasteiger partial charge in [0.25, 0.3) is 11.5 Å². The average Bonchev–Trinajstić information content (AvgIpc) is 2.63. The summed E-state index contributed by atoms with van der Waals surface area (Å²) in [5.41, 5.74) is -0.0760. The first-order valence-corrected chi connectivity index (χ1v) is 8.76. The molecular formula is C20H19BrN2O3. The molecule has 1 aromatic carbocycles. The normalized spacial score (nSPS) is 11.4.